The molecule has 4 nitrogen and oxygen atoms in total. The number of hydrogen-bond donors (Lipinski definition) is 2. The topological polar surface area (TPSA) is 58.2 Å². The van der Waals surface area contributed by atoms with Crippen LogP contribution in [-0.4, -0.2) is 17.9 Å². The van der Waals surface area contributed by atoms with Crippen LogP contribution in [0.3, 0.4) is 0 Å². The number of amides is 2. The first kappa shape index (κ1) is 15.3. The summed E-state index contributed by atoms with van der Waals surface area (Å²) in [6.07, 6.45) is 0. The molecule has 2 rings (SSSR count). The Labute approximate surface area is 131 Å². The second kappa shape index (κ2) is 7.04. The van der Waals surface area contributed by atoms with Gasteiger partial charge in [-0.25, -0.2) is 0 Å². The normalized spacial score (nSPS) is 11.5. The van der Waals surface area contributed by atoms with Crippen LogP contribution < -0.4 is 10.6 Å². The molecule has 5 heteroatoms. The Balaban J connectivity index is 1.93. The van der Waals surface area contributed by atoms with Gasteiger partial charge in [-0.05, 0) is 43.3 Å². The van der Waals surface area contributed by atoms with E-state index < -0.39 is 6.04 Å². The Morgan fingerprint density at radius 2 is 1.62 bits per heavy atom. The van der Waals surface area contributed by atoms with E-state index in [2.05, 4.69) is 26.6 Å². The molecule has 0 radical (unpaired) electrons. The molecule has 2 aromatic carbocycles. The molecule has 0 heterocycles. The van der Waals surface area contributed by atoms with Crippen LogP contribution in [0.25, 0.3) is 0 Å². The molecule has 0 fully saturated rings. The molecule has 0 saturated heterocycles. The number of carbonyl (C=O) groups excluding carboxylic acids is 2. The molecule has 2 amide bonds. The Bertz CT molecular complexity index is 626. The van der Waals surface area contributed by atoms with E-state index in [1.54, 1.807) is 43.3 Å². The van der Waals surface area contributed by atoms with Crippen LogP contribution in [0, 0.1) is 0 Å². The minimum Gasteiger partial charge on any atom is -0.341 e. The first-order valence-electron chi connectivity index (χ1n) is 6.48. The second-order valence-electron chi connectivity index (χ2n) is 4.56. The quantitative estimate of drug-likeness (QED) is 0.892. The third-order valence-electron chi connectivity index (χ3n) is 2.89. The van der Waals surface area contributed by atoms with Gasteiger partial charge < -0.3 is 10.6 Å². The van der Waals surface area contributed by atoms with Crippen molar-refractivity contribution in [2.75, 3.05) is 5.32 Å². The Morgan fingerprint density at radius 1 is 1.00 bits per heavy atom. The van der Waals surface area contributed by atoms with E-state index in [1.807, 2.05) is 18.2 Å². The number of nitrogens with one attached hydrogen (secondary N) is 2. The van der Waals surface area contributed by atoms with E-state index in [9.17, 15) is 9.59 Å². The van der Waals surface area contributed by atoms with Crippen LogP contribution in [0.4, 0.5) is 5.69 Å². The summed E-state index contributed by atoms with van der Waals surface area (Å²) in [5, 5.41) is 5.42. The van der Waals surface area contributed by atoms with Crippen LogP contribution in [0.1, 0.15) is 17.3 Å². The molecule has 0 aliphatic carbocycles. The minimum atomic E-state index is -0.624. The summed E-state index contributed by atoms with van der Waals surface area (Å²) >= 11 is 3.33. The first-order valence-corrected chi connectivity index (χ1v) is 7.28. The van der Waals surface area contributed by atoms with Gasteiger partial charge in [0, 0.05) is 15.7 Å². The molecule has 2 N–H and O–H groups in total. The highest BCUT2D eigenvalue weighted by molar-refractivity contribution is 9.10. The van der Waals surface area contributed by atoms with E-state index in [1.165, 1.54) is 0 Å². The molecule has 0 aliphatic heterocycles. The van der Waals surface area contributed by atoms with Gasteiger partial charge in [0.15, 0.2) is 0 Å². The van der Waals surface area contributed by atoms with Gasteiger partial charge in [-0.3, -0.25) is 9.59 Å². The van der Waals surface area contributed by atoms with E-state index in [0.29, 0.717) is 11.3 Å². The lowest BCUT2D eigenvalue weighted by atomic mass is 10.2. The molecular weight excluding hydrogens is 332 g/mol. The van der Waals surface area contributed by atoms with Crippen molar-refractivity contribution in [2.45, 2.75) is 13.0 Å². The van der Waals surface area contributed by atoms with Crippen molar-refractivity contribution in [2.24, 2.45) is 0 Å². The Morgan fingerprint density at radius 3 is 2.24 bits per heavy atom. The summed E-state index contributed by atoms with van der Waals surface area (Å²) in [6.45, 7) is 1.65. The predicted molar refractivity (Wildman–Crippen MR) is 86.1 cm³/mol. The van der Waals surface area contributed by atoms with E-state index in [4.69, 9.17) is 0 Å². The first-order chi connectivity index (χ1) is 10.1. The second-order valence-corrected chi connectivity index (χ2v) is 5.47. The molecule has 21 heavy (non-hydrogen) atoms. The van der Waals surface area contributed by atoms with Crippen molar-refractivity contribution in [3.05, 3.63) is 64.6 Å². The summed E-state index contributed by atoms with van der Waals surface area (Å²) < 4.78 is 0.936. The van der Waals surface area contributed by atoms with Crippen molar-refractivity contribution in [1.82, 2.24) is 5.32 Å². The van der Waals surface area contributed by atoms with Crippen molar-refractivity contribution >= 4 is 33.4 Å². The molecule has 0 spiro atoms. The molecule has 0 saturated carbocycles. The van der Waals surface area contributed by atoms with Crippen molar-refractivity contribution in [3.63, 3.8) is 0 Å². The standard InChI is InChI=1S/C16H15BrN2O2/c1-11(18-16(21)12-5-3-2-4-6-12)15(20)19-14-9-7-13(17)8-10-14/h2-11H,1H3,(H,18,21)(H,19,20). The van der Waals surface area contributed by atoms with Crippen molar-refractivity contribution in [1.29, 1.82) is 0 Å². The average molecular weight is 347 g/mol. The number of benzene rings is 2. The van der Waals surface area contributed by atoms with E-state index >= 15 is 0 Å². The highest BCUT2D eigenvalue weighted by atomic mass is 79.9. The maximum Gasteiger partial charge on any atom is 0.251 e. The summed E-state index contributed by atoms with van der Waals surface area (Å²) in [4.78, 5) is 24.0. The van der Waals surface area contributed by atoms with Crippen LogP contribution >= 0.6 is 15.9 Å². The van der Waals surface area contributed by atoms with Gasteiger partial charge in [0.25, 0.3) is 5.91 Å². The summed E-state index contributed by atoms with van der Waals surface area (Å²) in [5.41, 5.74) is 1.21. The van der Waals surface area contributed by atoms with Gasteiger partial charge in [0.2, 0.25) is 5.91 Å². The van der Waals surface area contributed by atoms with Crippen LogP contribution in [0.15, 0.2) is 59.1 Å². The largest absolute Gasteiger partial charge is 0.341 e. The highest BCUT2D eigenvalue weighted by Crippen LogP contribution is 2.14. The molecule has 108 valence electrons. The zero-order valence-corrected chi connectivity index (χ0v) is 13.1. The molecular formula is C16H15BrN2O2. The van der Waals surface area contributed by atoms with Crippen molar-refractivity contribution in [3.8, 4) is 0 Å². The fourth-order valence-electron chi connectivity index (χ4n) is 1.72. The molecule has 0 aromatic heterocycles. The average Bonchev–Trinajstić information content (AvgIpc) is 2.50. The minimum absolute atomic E-state index is 0.262. The van der Waals surface area contributed by atoms with Gasteiger partial charge >= 0.3 is 0 Å². The van der Waals surface area contributed by atoms with Gasteiger partial charge in [0.05, 0.1) is 0 Å². The monoisotopic (exact) mass is 346 g/mol. The maximum absolute atomic E-state index is 12.0. The van der Waals surface area contributed by atoms with E-state index in [-0.39, 0.29) is 11.8 Å². The number of rotatable bonds is 4. The fraction of sp³-hybridized carbons (Fsp3) is 0.125. The third-order valence-corrected chi connectivity index (χ3v) is 3.42. The Kier molecular flexibility index (Phi) is 5.11. The van der Waals surface area contributed by atoms with Crippen LogP contribution in [0.2, 0.25) is 0 Å². The van der Waals surface area contributed by atoms with Gasteiger partial charge in [-0.2, -0.15) is 0 Å². The number of carbonyl (C=O) groups is 2. The van der Waals surface area contributed by atoms with Gasteiger partial charge in [-0.15, -0.1) is 0 Å². The smallest absolute Gasteiger partial charge is 0.251 e. The molecule has 2 aromatic rings. The third kappa shape index (κ3) is 4.43. The van der Waals surface area contributed by atoms with Gasteiger partial charge in [-0.1, -0.05) is 34.1 Å². The lowest BCUT2D eigenvalue weighted by Crippen LogP contribution is -2.41. The Hall–Kier alpha value is -2.14. The lowest BCUT2D eigenvalue weighted by Gasteiger charge is -2.14. The number of hydrogen-bond acceptors (Lipinski definition) is 2. The highest BCUT2D eigenvalue weighted by Gasteiger charge is 2.16. The van der Waals surface area contributed by atoms with Crippen LogP contribution in [-0.2, 0) is 4.79 Å². The fourth-order valence-corrected chi connectivity index (χ4v) is 1.98. The zero-order valence-electron chi connectivity index (χ0n) is 11.5. The summed E-state index contributed by atoms with van der Waals surface area (Å²) in [7, 11) is 0. The number of halogens is 1. The zero-order chi connectivity index (χ0) is 15.2. The van der Waals surface area contributed by atoms with E-state index in [0.717, 1.165) is 4.47 Å². The van der Waals surface area contributed by atoms with Gasteiger partial charge in [0.1, 0.15) is 6.04 Å². The lowest BCUT2D eigenvalue weighted by molar-refractivity contribution is -0.117. The molecule has 1 atom stereocenters. The molecule has 0 aliphatic rings. The predicted octanol–water partition coefficient (Wildman–Crippen LogP) is 3.21. The van der Waals surface area contributed by atoms with Crippen LogP contribution in [0.5, 0.6) is 0 Å². The molecule has 0 bridgehead atoms. The number of anilines is 1. The molecule has 1 unspecified atom stereocenters. The maximum atomic E-state index is 12.0. The van der Waals surface area contributed by atoms with Crippen molar-refractivity contribution < 1.29 is 9.59 Å². The SMILES string of the molecule is CC(NC(=O)c1ccccc1)C(=O)Nc1ccc(Br)cc1. The summed E-state index contributed by atoms with van der Waals surface area (Å²) in [5.74, 6) is -0.532. The summed E-state index contributed by atoms with van der Waals surface area (Å²) in [6, 6.07) is 15.4.